The van der Waals surface area contributed by atoms with Crippen molar-refractivity contribution in [2.75, 3.05) is 27.2 Å². The number of piperidine rings is 1. The fraction of sp³-hybridized carbons (Fsp3) is 0.481. The second kappa shape index (κ2) is 14.7. The van der Waals surface area contributed by atoms with Crippen LogP contribution in [0.1, 0.15) is 37.8 Å². The van der Waals surface area contributed by atoms with E-state index in [1.54, 1.807) is 4.90 Å². The molecule has 0 radical (unpaired) electrons. The van der Waals surface area contributed by atoms with Crippen molar-refractivity contribution in [3.05, 3.63) is 59.2 Å². The number of halogens is 5. The molecule has 0 aliphatic carbocycles. The Morgan fingerprint density at radius 2 is 1.60 bits per heavy atom. The number of methoxy groups -OCH3 is 1. The molecule has 2 amide bonds. The van der Waals surface area contributed by atoms with Crippen LogP contribution in [0.15, 0.2) is 36.4 Å². The number of alkyl halides is 3. The van der Waals surface area contributed by atoms with Crippen LogP contribution in [0, 0.1) is 11.6 Å². The van der Waals surface area contributed by atoms with Gasteiger partial charge in [-0.25, -0.2) is 18.4 Å². The summed E-state index contributed by atoms with van der Waals surface area (Å²) in [7, 11) is 3.38. The lowest BCUT2D eigenvalue weighted by atomic mass is 10.0. The molecule has 1 aliphatic heterocycles. The van der Waals surface area contributed by atoms with E-state index in [-0.39, 0.29) is 36.0 Å². The first kappa shape index (κ1) is 32.6. The van der Waals surface area contributed by atoms with Crippen LogP contribution in [0.4, 0.5) is 26.7 Å². The predicted octanol–water partition coefficient (Wildman–Crippen LogP) is 5.20. The van der Waals surface area contributed by atoms with Crippen LogP contribution in [-0.2, 0) is 17.9 Å². The smallest absolute Gasteiger partial charge is 0.490 e. The number of carbonyl (C=O) groups excluding carboxylic acids is 1. The van der Waals surface area contributed by atoms with Gasteiger partial charge >= 0.3 is 18.2 Å². The van der Waals surface area contributed by atoms with Crippen molar-refractivity contribution in [1.29, 1.82) is 0 Å². The number of carboxylic acids is 1. The van der Waals surface area contributed by atoms with Gasteiger partial charge in [0.05, 0.1) is 19.8 Å². The van der Waals surface area contributed by atoms with E-state index in [0.717, 1.165) is 49.4 Å². The Balaban J connectivity index is 0.000000708. The van der Waals surface area contributed by atoms with Crippen molar-refractivity contribution in [2.45, 2.75) is 58.1 Å². The molecular formula is C27H34F5N3O5. The minimum absolute atomic E-state index is 0.0809. The first-order valence-corrected chi connectivity index (χ1v) is 12.5. The number of rotatable bonds is 8. The number of carbonyl (C=O) groups is 2. The Morgan fingerprint density at radius 3 is 2.05 bits per heavy atom. The third-order valence-corrected chi connectivity index (χ3v) is 6.05. The number of carboxylic acid groups (broad SMARTS) is 1. The Kier molecular flexibility index (Phi) is 12.0. The van der Waals surface area contributed by atoms with Gasteiger partial charge in [0.1, 0.15) is 23.1 Å². The van der Waals surface area contributed by atoms with Crippen LogP contribution in [0.3, 0.4) is 0 Å². The Bertz CT molecular complexity index is 1100. The highest BCUT2D eigenvalue weighted by Crippen LogP contribution is 2.25. The third-order valence-electron chi connectivity index (χ3n) is 6.05. The van der Waals surface area contributed by atoms with Gasteiger partial charge in [0, 0.05) is 30.3 Å². The van der Waals surface area contributed by atoms with E-state index in [2.05, 4.69) is 10.2 Å². The maximum atomic E-state index is 14.6. The first-order chi connectivity index (χ1) is 18.7. The van der Waals surface area contributed by atoms with Crippen LogP contribution in [-0.4, -0.2) is 72.5 Å². The van der Waals surface area contributed by atoms with E-state index in [1.807, 2.05) is 45.2 Å². The zero-order valence-corrected chi connectivity index (χ0v) is 22.7. The van der Waals surface area contributed by atoms with Gasteiger partial charge in [0.2, 0.25) is 0 Å². The molecule has 1 heterocycles. The summed E-state index contributed by atoms with van der Waals surface area (Å²) in [5.41, 5.74) is 0.768. The van der Waals surface area contributed by atoms with Crippen molar-refractivity contribution < 1.29 is 46.1 Å². The standard InChI is InChI=1S/C25H33F2N3O3.C2HF3O2/c1-17(2)33-20-7-5-18(6-8-20)15-28-25(31)30(19-9-11-29(3)12-10-19)16-22-23(26)13-21(32-4)14-24(22)27;3-2(4,5)1(6)7/h5-8,13-14,17,19H,9-12,15-16H2,1-4H3,(H,28,31);(H,6,7). The maximum absolute atomic E-state index is 14.6. The quantitative estimate of drug-likeness (QED) is 0.421. The molecule has 13 heteroatoms. The molecule has 0 unspecified atom stereocenters. The summed E-state index contributed by atoms with van der Waals surface area (Å²) in [5.74, 6) is -3.34. The molecule has 0 aromatic heterocycles. The Labute approximate surface area is 229 Å². The van der Waals surface area contributed by atoms with Crippen LogP contribution in [0.5, 0.6) is 11.5 Å². The van der Waals surface area contributed by atoms with E-state index in [0.29, 0.717) is 6.54 Å². The molecule has 40 heavy (non-hydrogen) atoms. The number of nitrogens with zero attached hydrogens (tertiary/aromatic N) is 2. The zero-order valence-electron chi connectivity index (χ0n) is 22.7. The molecule has 1 saturated heterocycles. The van der Waals surface area contributed by atoms with Crippen LogP contribution >= 0.6 is 0 Å². The summed E-state index contributed by atoms with van der Waals surface area (Å²) < 4.78 is 71.6. The highest BCUT2D eigenvalue weighted by atomic mass is 19.4. The lowest BCUT2D eigenvalue weighted by Crippen LogP contribution is -2.49. The Hall–Kier alpha value is -3.61. The largest absolute Gasteiger partial charge is 0.497 e. The molecule has 3 rings (SSSR count). The van der Waals surface area contributed by atoms with Gasteiger partial charge < -0.3 is 29.7 Å². The lowest BCUT2D eigenvalue weighted by Gasteiger charge is -2.37. The van der Waals surface area contributed by atoms with Gasteiger partial charge in [-0.15, -0.1) is 0 Å². The second-order valence-corrected chi connectivity index (χ2v) is 9.50. The number of hydrogen-bond donors (Lipinski definition) is 2. The molecule has 2 aromatic rings. The van der Waals surface area contributed by atoms with Gasteiger partial charge in [0.25, 0.3) is 0 Å². The fourth-order valence-electron chi connectivity index (χ4n) is 3.93. The summed E-state index contributed by atoms with van der Waals surface area (Å²) in [6, 6.07) is 9.33. The molecule has 8 nitrogen and oxygen atoms in total. The first-order valence-electron chi connectivity index (χ1n) is 12.5. The highest BCUT2D eigenvalue weighted by molar-refractivity contribution is 5.74. The number of urea groups is 1. The van der Waals surface area contributed by atoms with E-state index >= 15 is 0 Å². The van der Waals surface area contributed by atoms with Crippen molar-refractivity contribution >= 4 is 12.0 Å². The number of benzene rings is 2. The van der Waals surface area contributed by atoms with Crippen LogP contribution < -0.4 is 14.8 Å². The highest BCUT2D eigenvalue weighted by Gasteiger charge is 2.38. The average Bonchev–Trinajstić information content (AvgIpc) is 2.88. The molecule has 2 N–H and O–H groups in total. The zero-order chi connectivity index (χ0) is 30.0. The van der Waals surface area contributed by atoms with Crippen LogP contribution in [0.25, 0.3) is 0 Å². The number of nitrogens with one attached hydrogen (secondary N) is 1. The van der Waals surface area contributed by atoms with Crippen molar-refractivity contribution in [1.82, 2.24) is 15.1 Å². The summed E-state index contributed by atoms with van der Waals surface area (Å²) in [6.07, 6.45) is -3.52. The van der Waals surface area contributed by atoms with E-state index in [4.69, 9.17) is 19.4 Å². The number of likely N-dealkylation sites (tertiary alicyclic amines) is 1. The van der Waals surface area contributed by atoms with Gasteiger partial charge in [0.15, 0.2) is 0 Å². The molecule has 0 bridgehead atoms. The SMILES string of the molecule is COc1cc(F)c(CN(C(=O)NCc2ccc(OC(C)C)cc2)C2CCN(C)CC2)c(F)c1.O=C(O)C(F)(F)F. The van der Waals surface area contributed by atoms with Crippen molar-refractivity contribution in [2.24, 2.45) is 0 Å². The number of hydrogen-bond acceptors (Lipinski definition) is 5. The minimum atomic E-state index is -5.08. The van der Waals surface area contributed by atoms with Crippen LogP contribution in [0.2, 0.25) is 0 Å². The summed E-state index contributed by atoms with van der Waals surface area (Å²) >= 11 is 0. The molecular weight excluding hydrogens is 541 g/mol. The topological polar surface area (TPSA) is 91.3 Å². The minimum Gasteiger partial charge on any atom is -0.497 e. The van der Waals surface area contributed by atoms with E-state index < -0.39 is 23.8 Å². The van der Waals surface area contributed by atoms with Crippen molar-refractivity contribution in [3.63, 3.8) is 0 Å². The molecule has 1 fully saturated rings. The van der Waals surface area contributed by atoms with Gasteiger partial charge in [-0.05, 0) is 64.5 Å². The van der Waals surface area contributed by atoms with Gasteiger partial charge in [-0.2, -0.15) is 13.2 Å². The summed E-state index contributed by atoms with van der Waals surface area (Å²) in [5, 5.41) is 10.0. The average molecular weight is 576 g/mol. The number of aliphatic carboxylic acids is 1. The monoisotopic (exact) mass is 575 g/mol. The van der Waals surface area contributed by atoms with E-state index in [1.165, 1.54) is 7.11 Å². The molecule has 0 saturated carbocycles. The fourth-order valence-corrected chi connectivity index (χ4v) is 3.93. The molecule has 1 aliphatic rings. The summed E-state index contributed by atoms with van der Waals surface area (Å²) in [6.45, 7) is 5.71. The normalized spacial score (nSPS) is 14.2. The Morgan fingerprint density at radius 1 is 1.07 bits per heavy atom. The van der Waals surface area contributed by atoms with Gasteiger partial charge in [-0.1, -0.05) is 12.1 Å². The third kappa shape index (κ3) is 10.2. The van der Waals surface area contributed by atoms with E-state index in [9.17, 15) is 26.7 Å². The number of amides is 2. The second-order valence-electron chi connectivity index (χ2n) is 9.50. The maximum Gasteiger partial charge on any atom is 0.490 e. The molecule has 0 atom stereocenters. The predicted molar refractivity (Wildman–Crippen MR) is 137 cm³/mol. The van der Waals surface area contributed by atoms with Gasteiger partial charge in [-0.3, -0.25) is 0 Å². The number of ether oxygens (including phenoxy) is 2. The lowest BCUT2D eigenvalue weighted by molar-refractivity contribution is -0.192. The summed E-state index contributed by atoms with van der Waals surface area (Å²) in [4.78, 5) is 25.8. The van der Waals surface area contributed by atoms with Crippen molar-refractivity contribution in [3.8, 4) is 11.5 Å². The molecule has 222 valence electrons. The molecule has 2 aromatic carbocycles. The molecule has 0 spiro atoms.